The summed E-state index contributed by atoms with van der Waals surface area (Å²) in [5.74, 6) is 0. The van der Waals surface area contributed by atoms with Crippen LogP contribution in [0.5, 0.6) is 0 Å². The first-order chi connectivity index (χ1) is 8.73. The maximum absolute atomic E-state index is 8.67. The molecular formula is C12H2N4O2. The van der Waals surface area contributed by atoms with Gasteiger partial charge in [0.1, 0.15) is 24.3 Å². The first-order valence-electron chi connectivity index (χ1n) is 4.62. The highest BCUT2D eigenvalue weighted by Crippen LogP contribution is 2.10. The minimum absolute atomic E-state index is 0.0933. The van der Waals surface area contributed by atoms with Gasteiger partial charge < -0.3 is 8.83 Å². The number of fused-ring (bicyclic) bond motifs is 1. The predicted molar refractivity (Wildman–Crippen MR) is 57.0 cm³/mol. The molecule has 0 spiro atoms. The van der Waals surface area contributed by atoms with Crippen LogP contribution in [0.1, 0.15) is 0 Å². The molecule has 0 saturated carbocycles. The highest BCUT2D eigenvalue weighted by molar-refractivity contribution is 5.79. The smallest absolute Gasteiger partial charge is 0.173 e. The highest BCUT2D eigenvalue weighted by atomic mass is 16.4. The van der Waals surface area contributed by atoms with Crippen LogP contribution in [0.15, 0.2) is 21.0 Å². The third-order valence-corrected chi connectivity index (χ3v) is 2.15. The lowest BCUT2D eigenvalue weighted by Crippen LogP contribution is -2.01. The number of rotatable bonds is 0. The van der Waals surface area contributed by atoms with Crippen molar-refractivity contribution in [2.24, 2.45) is 0 Å². The molecular weight excluding hydrogens is 232 g/mol. The Kier molecular flexibility index (Phi) is 2.56. The topological polar surface area (TPSA) is 121 Å². The highest BCUT2D eigenvalue weighted by Gasteiger charge is 2.09. The fraction of sp³-hybridized carbons (Fsp3) is 0. The van der Waals surface area contributed by atoms with Gasteiger partial charge in [0.15, 0.2) is 33.1 Å². The van der Waals surface area contributed by atoms with Gasteiger partial charge in [0.25, 0.3) is 0 Å². The van der Waals surface area contributed by atoms with E-state index in [-0.39, 0.29) is 33.1 Å². The van der Waals surface area contributed by atoms with E-state index in [1.165, 1.54) is 12.1 Å². The number of hydrogen-bond donors (Lipinski definition) is 0. The zero-order chi connectivity index (χ0) is 13.1. The minimum Gasteiger partial charge on any atom is -0.451 e. The molecule has 0 unspecified atom stereocenters. The Hall–Kier alpha value is -3.48. The van der Waals surface area contributed by atoms with Gasteiger partial charge in [-0.2, -0.15) is 21.0 Å². The van der Waals surface area contributed by atoms with Crippen LogP contribution in [0.25, 0.3) is 22.3 Å². The van der Waals surface area contributed by atoms with E-state index in [1.54, 1.807) is 24.3 Å². The fourth-order valence-electron chi connectivity index (χ4n) is 1.35. The molecule has 0 radical (unpaired) electrons. The monoisotopic (exact) mass is 234 g/mol. The molecule has 0 aliphatic heterocycles. The lowest BCUT2D eigenvalue weighted by molar-refractivity contribution is 0.575. The van der Waals surface area contributed by atoms with Crippen molar-refractivity contribution in [1.82, 2.24) is 0 Å². The van der Waals surface area contributed by atoms with E-state index in [0.717, 1.165) is 0 Å². The lowest BCUT2D eigenvalue weighted by atomic mass is 10.3. The van der Waals surface area contributed by atoms with Crippen LogP contribution in [0.4, 0.5) is 0 Å². The summed E-state index contributed by atoms with van der Waals surface area (Å²) < 4.78 is 10.4. The van der Waals surface area contributed by atoms with Crippen LogP contribution in [0, 0.1) is 45.3 Å². The third-order valence-electron chi connectivity index (χ3n) is 2.15. The van der Waals surface area contributed by atoms with Crippen LogP contribution < -0.4 is 10.8 Å². The summed E-state index contributed by atoms with van der Waals surface area (Å²) in [5.41, 5.74) is 0.379. The van der Waals surface area contributed by atoms with Crippen LogP contribution in [-0.4, -0.2) is 0 Å². The summed E-state index contributed by atoms with van der Waals surface area (Å²) in [6.45, 7) is 0. The van der Waals surface area contributed by atoms with Gasteiger partial charge in [0.2, 0.25) is 0 Å². The van der Waals surface area contributed by atoms with E-state index >= 15 is 0 Å². The third kappa shape index (κ3) is 1.57. The molecule has 0 atom stereocenters. The fourth-order valence-corrected chi connectivity index (χ4v) is 1.35. The Balaban J connectivity index is 2.82. The van der Waals surface area contributed by atoms with Gasteiger partial charge in [-0.1, -0.05) is 0 Å². The van der Waals surface area contributed by atoms with Crippen molar-refractivity contribution < 1.29 is 8.83 Å². The molecule has 82 valence electrons. The largest absolute Gasteiger partial charge is 0.451 e. The van der Waals surface area contributed by atoms with Gasteiger partial charge in [-0.3, -0.25) is 0 Å². The van der Waals surface area contributed by atoms with Crippen LogP contribution >= 0.6 is 0 Å². The molecule has 0 aromatic carbocycles. The minimum atomic E-state index is -0.173. The number of nitriles is 4. The quantitative estimate of drug-likeness (QED) is 0.651. The molecule has 0 aliphatic carbocycles. The molecule has 2 rings (SSSR count). The molecule has 0 bridgehead atoms. The summed E-state index contributed by atoms with van der Waals surface area (Å²) in [6, 6.07) is 9.49. The molecule has 6 nitrogen and oxygen atoms in total. The van der Waals surface area contributed by atoms with E-state index in [2.05, 4.69) is 0 Å². The molecule has 18 heavy (non-hydrogen) atoms. The van der Waals surface area contributed by atoms with Crippen molar-refractivity contribution in [2.45, 2.75) is 0 Å². The SMILES string of the molecule is N#CC(C#N)=c1cc2oc(=C(C#N)C#N)cc2o1. The van der Waals surface area contributed by atoms with Gasteiger partial charge in [-0.05, 0) is 0 Å². The molecule has 0 N–H and O–H groups in total. The maximum Gasteiger partial charge on any atom is 0.173 e. The van der Waals surface area contributed by atoms with Crippen LogP contribution in [-0.2, 0) is 0 Å². The van der Waals surface area contributed by atoms with Crippen molar-refractivity contribution in [3.8, 4) is 24.3 Å². The first-order valence-corrected chi connectivity index (χ1v) is 4.62. The van der Waals surface area contributed by atoms with Gasteiger partial charge in [-0.15, -0.1) is 0 Å². The zero-order valence-electron chi connectivity index (χ0n) is 8.76. The molecule has 0 aliphatic rings. The first kappa shape index (κ1) is 11.0. The Morgan fingerprint density at radius 3 is 1.33 bits per heavy atom. The molecule has 2 heterocycles. The average Bonchev–Trinajstić information content (AvgIpc) is 2.91. The number of furan rings is 2. The summed E-state index contributed by atoms with van der Waals surface area (Å²) >= 11 is 0. The number of hydrogen-bond acceptors (Lipinski definition) is 6. The summed E-state index contributed by atoms with van der Waals surface area (Å²) in [4.78, 5) is 0. The lowest BCUT2D eigenvalue weighted by Gasteiger charge is -1.77. The van der Waals surface area contributed by atoms with Gasteiger partial charge >= 0.3 is 0 Å². The Morgan fingerprint density at radius 2 is 1.06 bits per heavy atom. The zero-order valence-corrected chi connectivity index (χ0v) is 8.76. The molecule has 0 amide bonds. The van der Waals surface area contributed by atoms with E-state index < -0.39 is 0 Å². The average molecular weight is 234 g/mol. The summed E-state index contributed by atoms with van der Waals surface area (Å²) in [6.07, 6.45) is 0. The number of nitrogens with zero attached hydrogens (tertiary/aromatic N) is 4. The molecule has 6 heteroatoms. The Labute approximate surface area is 100 Å². The normalized spacial score (nSPS) is 8.89. The molecule has 2 aromatic rings. The predicted octanol–water partition coefficient (Wildman–Crippen LogP) is 0.422. The van der Waals surface area contributed by atoms with Gasteiger partial charge in [0, 0.05) is 12.1 Å². The van der Waals surface area contributed by atoms with Crippen molar-refractivity contribution in [3.05, 3.63) is 23.0 Å². The second-order valence-electron chi connectivity index (χ2n) is 3.15. The standard InChI is InChI=1S/C12H2N4O2/c13-3-7(4-14)9-1-11-12(17-9)2-10(18-11)8(5-15)6-16/h1-2H. The molecule has 0 saturated heterocycles. The van der Waals surface area contributed by atoms with Crippen molar-refractivity contribution in [1.29, 1.82) is 21.0 Å². The van der Waals surface area contributed by atoms with E-state index in [0.29, 0.717) is 0 Å². The van der Waals surface area contributed by atoms with Crippen molar-refractivity contribution in [3.63, 3.8) is 0 Å². The van der Waals surface area contributed by atoms with E-state index in [1.807, 2.05) is 0 Å². The Bertz CT molecular complexity index is 773. The van der Waals surface area contributed by atoms with Crippen molar-refractivity contribution >= 4 is 22.3 Å². The second kappa shape index (κ2) is 4.18. The van der Waals surface area contributed by atoms with Gasteiger partial charge in [0.05, 0.1) is 0 Å². The van der Waals surface area contributed by atoms with E-state index in [4.69, 9.17) is 29.9 Å². The van der Waals surface area contributed by atoms with Crippen LogP contribution in [0.2, 0.25) is 0 Å². The van der Waals surface area contributed by atoms with Gasteiger partial charge in [-0.25, -0.2) is 0 Å². The Morgan fingerprint density at radius 1 is 0.722 bits per heavy atom. The summed E-state index contributed by atoms with van der Waals surface area (Å²) in [7, 11) is 0. The second-order valence-corrected chi connectivity index (χ2v) is 3.15. The maximum atomic E-state index is 8.67. The molecule has 2 aromatic heterocycles. The summed E-state index contributed by atoms with van der Waals surface area (Å²) in [5, 5.41) is 34.7. The van der Waals surface area contributed by atoms with E-state index in [9.17, 15) is 0 Å². The van der Waals surface area contributed by atoms with Crippen molar-refractivity contribution in [2.75, 3.05) is 0 Å². The van der Waals surface area contributed by atoms with Crippen LogP contribution in [0.3, 0.4) is 0 Å². The molecule has 0 fully saturated rings.